The van der Waals surface area contributed by atoms with E-state index in [0.29, 0.717) is 11.6 Å². The summed E-state index contributed by atoms with van der Waals surface area (Å²) in [5.41, 5.74) is 0.535. The fourth-order valence-corrected chi connectivity index (χ4v) is 1.75. The summed E-state index contributed by atoms with van der Waals surface area (Å²) in [5.74, 6) is -0.665. The molecule has 2 heterocycles. The minimum absolute atomic E-state index is 0.0260. The average Bonchev–Trinajstić information content (AvgIpc) is 2.70. The second-order valence-corrected chi connectivity index (χ2v) is 3.40. The number of carboxylic acids is 1. The Balaban J connectivity index is 2.35. The molecular weight excluding hydrogens is 184 g/mol. The van der Waals surface area contributed by atoms with Crippen LogP contribution in [-0.2, 0) is 0 Å². The number of nitrogens with one attached hydrogen (secondary N) is 1. The second kappa shape index (κ2) is 3.42. The van der Waals surface area contributed by atoms with E-state index in [2.05, 4.69) is 10.3 Å². The van der Waals surface area contributed by atoms with Gasteiger partial charge in [0.15, 0.2) is 5.89 Å². The lowest BCUT2D eigenvalue weighted by atomic mass is 10.1. The molecule has 1 aromatic rings. The molecule has 1 aliphatic heterocycles. The summed E-state index contributed by atoms with van der Waals surface area (Å²) in [7, 11) is 0. The van der Waals surface area contributed by atoms with Crippen molar-refractivity contribution in [2.75, 3.05) is 6.54 Å². The van der Waals surface area contributed by atoms with Crippen LogP contribution in [0, 0.1) is 6.92 Å². The Bertz CT molecular complexity index is 353. The van der Waals surface area contributed by atoms with Crippen LogP contribution < -0.4 is 5.32 Å². The fraction of sp³-hybridized carbons (Fsp3) is 0.556. The molecule has 0 saturated carbocycles. The molecule has 0 bridgehead atoms. The zero-order valence-corrected chi connectivity index (χ0v) is 7.91. The van der Waals surface area contributed by atoms with Gasteiger partial charge in [-0.1, -0.05) is 0 Å². The molecule has 1 fully saturated rings. The molecule has 76 valence electrons. The second-order valence-electron chi connectivity index (χ2n) is 3.40. The molecule has 2 rings (SSSR count). The molecular formula is C9H12N2O3. The first-order valence-corrected chi connectivity index (χ1v) is 4.62. The van der Waals surface area contributed by atoms with Crippen LogP contribution in [0.2, 0.25) is 0 Å². The maximum atomic E-state index is 10.8. The number of rotatable bonds is 2. The zero-order chi connectivity index (χ0) is 10.1. The maximum Gasteiger partial charge on any atom is 0.373 e. The van der Waals surface area contributed by atoms with E-state index in [-0.39, 0.29) is 11.8 Å². The number of hydrogen-bond acceptors (Lipinski definition) is 4. The molecule has 1 aromatic heterocycles. The Morgan fingerprint density at radius 2 is 2.50 bits per heavy atom. The molecule has 1 saturated heterocycles. The smallest absolute Gasteiger partial charge is 0.373 e. The van der Waals surface area contributed by atoms with Crippen molar-refractivity contribution in [2.24, 2.45) is 0 Å². The topological polar surface area (TPSA) is 75.4 Å². The Morgan fingerprint density at radius 3 is 3.07 bits per heavy atom. The highest BCUT2D eigenvalue weighted by Crippen LogP contribution is 2.25. The third-order valence-electron chi connectivity index (χ3n) is 2.34. The number of carboxylic acid groups (broad SMARTS) is 1. The van der Waals surface area contributed by atoms with E-state index in [1.807, 2.05) is 0 Å². The van der Waals surface area contributed by atoms with Crippen LogP contribution in [-0.4, -0.2) is 22.6 Å². The van der Waals surface area contributed by atoms with Gasteiger partial charge in [0.1, 0.15) is 5.69 Å². The summed E-state index contributed by atoms with van der Waals surface area (Å²) in [6, 6.07) is 0.0403. The van der Waals surface area contributed by atoms with Gasteiger partial charge in [0.05, 0.1) is 6.04 Å². The molecule has 14 heavy (non-hydrogen) atoms. The summed E-state index contributed by atoms with van der Waals surface area (Å²) in [6.45, 7) is 2.57. The first-order valence-electron chi connectivity index (χ1n) is 4.62. The van der Waals surface area contributed by atoms with Crippen LogP contribution in [0.1, 0.15) is 41.0 Å². The van der Waals surface area contributed by atoms with E-state index in [1.54, 1.807) is 6.92 Å². The molecule has 1 aliphatic rings. The average molecular weight is 196 g/mol. The van der Waals surface area contributed by atoms with E-state index < -0.39 is 5.97 Å². The van der Waals surface area contributed by atoms with Gasteiger partial charge in [-0.2, -0.15) is 0 Å². The summed E-state index contributed by atoms with van der Waals surface area (Å²) >= 11 is 0. The van der Waals surface area contributed by atoms with Crippen molar-refractivity contribution in [2.45, 2.75) is 25.8 Å². The van der Waals surface area contributed by atoms with E-state index in [0.717, 1.165) is 19.4 Å². The molecule has 5 heteroatoms. The maximum absolute atomic E-state index is 10.8. The van der Waals surface area contributed by atoms with E-state index in [9.17, 15) is 4.79 Å². The van der Waals surface area contributed by atoms with E-state index >= 15 is 0 Å². The first-order chi connectivity index (χ1) is 6.68. The number of nitrogens with zero attached hydrogens (tertiary/aromatic N) is 1. The van der Waals surface area contributed by atoms with Crippen molar-refractivity contribution in [1.82, 2.24) is 10.3 Å². The first kappa shape index (κ1) is 9.21. The molecule has 1 atom stereocenters. The highest BCUT2D eigenvalue weighted by Gasteiger charge is 2.27. The number of oxazole rings is 1. The van der Waals surface area contributed by atoms with Crippen molar-refractivity contribution in [3.05, 3.63) is 17.3 Å². The molecule has 0 aliphatic carbocycles. The third-order valence-corrected chi connectivity index (χ3v) is 2.34. The molecule has 2 N–H and O–H groups in total. The van der Waals surface area contributed by atoms with Crippen LogP contribution in [0.25, 0.3) is 0 Å². The van der Waals surface area contributed by atoms with Gasteiger partial charge in [0.2, 0.25) is 5.76 Å². The standard InChI is InChI=1S/C9H12N2O3/c1-5-11-7(6-3-2-4-10-6)8(14-5)9(12)13/h6,10H,2-4H2,1H3,(H,12,13). The lowest BCUT2D eigenvalue weighted by molar-refractivity contribution is 0.0658. The minimum atomic E-state index is -1.05. The summed E-state index contributed by atoms with van der Waals surface area (Å²) in [4.78, 5) is 14.9. The predicted octanol–water partition coefficient (Wildman–Crippen LogP) is 1.11. The lowest BCUT2D eigenvalue weighted by Gasteiger charge is -2.05. The molecule has 0 amide bonds. The summed E-state index contributed by atoms with van der Waals surface area (Å²) in [5, 5.41) is 12.1. The number of aryl methyl sites for hydroxylation is 1. The van der Waals surface area contributed by atoms with Gasteiger partial charge in [0.25, 0.3) is 0 Å². The molecule has 5 nitrogen and oxygen atoms in total. The number of carbonyl (C=O) groups is 1. The van der Waals surface area contributed by atoms with E-state index in [4.69, 9.17) is 9.52 Å². The largest absolute Gasteiger partial charge is 0.475 e. The van der Waals surface area contributed by atoms with Gasteiger partial charge in [-0.15, -0.1) is 0 Å². The van der Waals surface area contributed by atoms with Gasteiger partial charge in [-0.25, -0.2) is 9.78 Å². The summed E-state index contributed by atoms with van der Waals surface area (Å²) < 4.78 is 5.04. The van der Waals surface area contributed by atoms with Gasteiger partial charge >= 0.3 is 5.97 Å². The molecule has 0 aromatic carbocycles. The van der Waals surface area contributed by atoms with Crippen LogP contribution >= 0.6 is 0 Å². The molecule has 1 unspecified atom stereocenters. The number of aromatic nitrogens is 1. The number of hydrogen-bond donors (Lipinski definition) is 2. The number of aromatic carboxylic acids is 1. The van der Waals surface area contributed by atoms with Gasteiger partial charge in [0, 0.05) is 6.92 Å². The Morgan fingerprint density at radius 1 is 1.71 bits per heavy atom. The quantitative estimate of drug-likeness (QED) is 0.740. The van der Waals surface area contributed by atoms with Crippen molar-refractivity contribution in [3.63, 3.8) is 0 Å². The highest BCUT2D eigenvalue weighted by atomic mass is 16.4. The minimum Gasteiger partial charge on any atom is -0.475 e. The Hall–Kier alpha value is -1.36. The monoisotopic (exact) mass is 196 g/mol. The fourth-order valence-electron chi connectivity index (χ4n) is 1.75. The van der Waals surface area contributed by atoms with Crippen LogP contribution in [0.15, 0.2) is 4.42 Å². The van der Waals surface area contributed by atoms with Crippen molar-refractivity contribution >= 4 is 5.97 Å². The van der Waals surface area contributed by atoms with E-state index in [1.165, 1.54) is 0 Å². The van der Waals surface area contributed by atoms with Crippen LogP contribution in [0.5, 0.6) is 0 Å². The van der Waals surface area contributed by atoms with Crippen LogP contribution in [0.3, 0.4) is 0 Å². The SMILES string of the molecule is Cc1nc(C2CCCN2)c(C(=O)O)o1. The van der Waals surface area contributed by atoms with Crippen molar-refractivity contribution in [1.29, 1.82) is 0 Å². The zero-order valence-electron chi connectivity index (χ0n) is 7.91. The molecule has 0 radical (unpaired) electrons. The predicted molar refractivity (Wildman–Crippen MR) is 48.2 cm³/mol. The lowest BCUT2D eigenvalue weighted by Crippen LogP contribution is -2.16. The van der Waals surface area contributed by atoms with Crippen molar-refractivity contribution in [3.8, 4) is 0 Å². The summed E-state index contributed by atoms with van der Waals surface area (Å²) in [6.07, 6.45) is 1.97. The Labute approximate surface area is 81.1 Å². The van der Waals surface area contributed by atoms with Crippen molar-refractivity contribution < 1.29 is 14.3 Å². The van der Waals surface area contributed by atoms with Gasteiger partial charge in [-0.05, 0) is 19.4 Å². The Kier molecular flexibility index (Phi) is 2.25. The normalized spacial score (nSPS) is 21.4. The molecule has 0 spiro atoms. The third kappa shape index (κ3) is 1.50. The van der Waals surface area contributed by atoms with Gasteiger partial charge in [-0.3, -0.25) is 0 Å². The highest BCUT2D eigenvalue weighted by molar-refractivity contribution is 5.85. The van der Waals surface area contributed by atoms with Gasteiger partial charge < -0.3 is 14.8 Å². The van der Waals surface area contributed by atoms with Crippen LogP contribution in [0.4, 0.5) is 0 Å².